The molecule has 1 aliphatic heterocycles. The minimum absolute atomic E-state index is 0.204. The molecule has 2 unspecified atom stereocenters. The topological polar surface area (TPSA) is 52.6 Å². The molecule has 3 aromatic rings. The number of rotatable bonds is 5. The Labute approximate surface area is 172 Å². The molecule has 29 heavy (non-hydrogen) atoms. The highest BCUT2D eigenvalue weighted by Crippen LogP contribution is 2.34. The second-order valence-electron chi connectivity index (χ2n) is 7.95. The predicted octanol–water partition coefficient (Wildman–Crippen LogP) is 5.27. The van der Waals surface area contributed by atoms with E-state index >= 15 is 0 Å². The minimum atomic E-state index is -0.851. The van der Waals surface area contributed by atoms with Crippen molar-refractivity contribution in [3.05, 3.63) is 83.9 Å². The Hall–Kier alpha value is -2.85. The Morgan fingerprint density at radius 1 is 1.07 bits per heavy atom. The van der Waals surface area contributed by atoms with Crippen LogP contribution >= 0.6 is 0 Å². The number of amides is 1. The fourth-order valence-corrected chi connectivity index (χ4v) is 4.66. The number of nitrogens with one attached hydrogen (secondary N) is 1. The van der Waals surface area contributed by atoms with E-state index < -0.39 is 6.09 Å². The van der Waals surface area contributed by atoms with Gasteiger partial charge in [0.1, 0.15) is 0 Å². The van der Waals surface area contributed by atoms with E-state index in [9.17, 15) is 9.90 Å². The van der Waals surface area contributed by atoms with Crippen molar-refractivity contribution >= 4 is 16.9 Å². The molecular weight excluding hydrogens is 360 g/mol. The molecule has 0 aliphatic carbocycles. The first-order valence-electron chi connectivity index (χ1n) is 10.4. The number of nitrogens with zero attached hydrogens (tertiary/aromatic N) is 1. The Kier molecular flexibility index (Phi) is 5.81. The third-order valence-electron chi connectivity index (χ3n) is 6.27. The van der Waals surface area contributed by atoms with Gasteiger partial charge in [-0.1, -0.05) is 72.8 Å². The summed E-state index contributed by atoms with van der Waals surface area (Å²) in [5.74, 6) is 0.624. The van der Waals surface area contributed by atoms with Gasteiger partial charge in [-0.25, -0.2) is 4.79 Å². The summed E-state index contributed by atoms with van der Waals surface area (Å²) in [6.07, 6.45) is 0.127. The van der Waals surface area contributed by atoms with Gasteiger partial charge >= 0.3 is 6.09 Å². The lowest BCUT2D eigenvalue weighted by Gasteiger charge is -2.37. The van der Waals surface area contributed by atoms with Crippen LogP contribution in [0.5, 0.6) is 0 Å². The minimum Gasteiger partial charge on any atom is -0.465 e. The summed E-state index contributed by atoms with van der Waals surface area (Å²) < 4.78 is 0. The van der Waals surface area contributed by atoms with Gasteiger partial charge in [0.25, 0.3) is 0 Å². The average molecular weight is 389 g/mol. The molecular formula is C25H28N2O2. The maximum atomic E-state index is 12.3. The van der Waals surface area contributed by atoms with E-state index in [4.69, 9.17) is 0 Å². The van der Waals surface area contributed by atoms with Crippen LogP contribution in [0.25, 0.3) is 10.8 Å². The van der Waals surface area contributed by atoms with Crippen molar-refractivity contribution in [1.29, 1.82) is 0 Å². The standard InChI is InChI=1S/C25H28N2O2/c1-18(22-13-7-11-19-10-5-6-12-23(19)22)27(25(28)29)17-21-14-15-26-16-24(21)20-8-3-2-4-9-20/h2-13,18,21,24,26H,14-17H2,1H3,(H,28,29)/t18-,21?,24?/m1/s1. The van der Waals surface area contributed by atoms with Gasteiger partial charge in [-0.15, -0.1) is 0 Å². The summed E-state index contributed by atoms with van der Waals surface area (Å²) >= 11 is 0. The van der Waals surface area contributed by atoms with Gasteiger partial charge in [0, 0.05) is 19.0 Å². The van der Waals surface area contributed by atoms with E-state index in [2.05, 4.69) is 53.8 Å². The molecule has 1 heterocycles. The lowest BCUT2D eigenvalue weighted by molar-refractivity contribution is 0.109. The number of carbonyl (C=O) groups is 1. The quantitative estimate of drug-likeness (QED) is 0.626. The molecule has 0 spiro atoms. The monoisotopic (exact) mass is 388 g/mol. The van der Waals surface area contributed by atoms with Crippen LogP contribution in [0, 0.1) is 5.92 Å². The van der Waals surface area contributed by atoms with Gasteiger partial charge in [-0.05, 0) is 47.7 Å². The number of hydrogen-bond acceptors (Lipinski definition) is 2. The van der Waals surface area contributed by atoms with Crippen LogP contribution in [0.3, 0.4) is 0 Å². The van der Waals surface area contributed by atoms with Crippen LogP contribution in [-0.4, -0.2) is 35.7 Å². The van der Waals surface area contributed by atoms with Crippen LogP contribution in [0.4, 0.5) is 4.79 Å². The molecule has 0 saturated carbocycles. The fourth-order valence-electron chi connectivity index (χ4n) is 4.66. The summed E-state index contributed by atoms with van der Waals surface area (Å²) in [7, 11) is 0. The Morgan fingerprint density at radius 3 is 2.59 bits per heavy atom. The van der Waals surface area contributed by atoms with Crippen molar-refractivity contribution in [3.63, 3.8) is 0 Å². The number of piperidine rings is 1. The maximum absolute atomic E-state index is 12.3. The van der Waals surface area contributed by atoms with E-state index in [1.54, 1.807) is 4.90 Å². The Bertz CT molecular complexity index is 967. The third kappa shape index (κ3) is 4.13. The third-order valence-corrected chi connectivity index (χ3v) is 6.27. The van der Waals surface area contributed by atoms with Crippen molar-refractivity contribution in [3.8, 4) is 0 Å². The van der Waals surface area contributed by atoms with Gasteiger partial charge < -0.3 is 15.3 Å². The van der Waals surface area contributed by atoms with Gasteiger partial charge in [0.15, 0.2) is 0 Å². The molecule has 0 bridgehead atoms. The largest absolute Gasteiger partial charge is 0.465 e. The molecule has 1 saturated heterocycles. The zero-order chi connectivity index (χ0) is 20.2. The zero-order valence-electron chi connectivity index (χ0n) is 16.8. The SMILES string of the molecule is C[C@H](c1cccc2ccccc12)N(CC1CCNCC1c1ccccc1)C(=O)O. The molecule has 0 radical (unpaired) electrons. The number of fused-ring (bicyclic) bond motifs is 1. The van der Waals surface area contributed by atoms with Crippen LogP contribution in [0.2, 0.25) is 0 Å². The smallest absolute Gasteiger partial charge is 0.407 e. The summed E-state index contributed by atoms with van der Waals surface area (Å²) in [6.45, 7) is 4.38. The molecule has 4 rings (SSSR count). The van der Waals surface area contributed by atoms with E-state index in [1.165, 1.54) is 5.56 Å². The van der Waals surface area contributed by atoms with Crippen LogP contribution < -0.4 is 5.32 Å². The highest BCUT2D eigenvalue weighted by atomic mass is 16.4. The van der Waals surface area contributed by atoms with E-state index in [0.29, 0.717) is 18.4 Å². The molecule has 1 fully saturated rings. The molecule has 0 aromatic heterocycles. The lowest BCUT2D eigenvalue weighted by Crippen LogP contribution is -2.43. The second kappa shape index (κ2) is 8.66. The van der Waals surface area contributed by atoms with Crippen molar-refractivity contribution < 1.29 is 9.90 Å². The first kappa shape index (κ1) is 19.5. The molecule has 2 N–H and O–H groups in total. The summed E-state index contributed by atoms with van der Waals surface area (Å²) in [5.41, 5.74) is 2.35. The number of hydrogen-bond donors (Lipinski definition) is 2. The van der Waals surface area contributed by atoms with Gasteiger partial charge in [0.05, 0.1) is 6.04 Å². The Morgan fingerprint density at radius 2 is 1.79 bits per heavy atom. The van der Waals surface area contributed by atoms with Crippen molar-refractivity contribution in [2.45, 2.75) is 25.3 Å². The zero-order valence-corrected chi connectivity index (χ0v) is 16.8. The van der Waals surface area contributed by atoms with Crippen LogP contribution in [-0.2, 0) is 0 Å². The van der Waals surface area contributed by atoms with Gasteiger partial charge in [0.2, 0.25) is 0 Å². The average Bonchev–Trinajstić information content (AvgIpc) is 2.77. The van der Waals surface area contributed by atoms with E-state index in [-0.39, 0.29) is 6.04 Å². The molecule has 4 nitrogen and oxygen atoms in total. The molecule has 1 aliphatic rings. The van der Waals surface area contributed by atoms with Crippen LogP contribution in [0.15, 0.2) is 72.8 Å². The highest BCUT2D eigenvalue weighted by Gasteiger charge is 2.32. The fraction of sp³-hybridized carbons (Fsp3) is 0.320. The number of carboxylic acid groups (broad SMARTS) is 1. The molecule has 4 heteroatoms. The maximum Gasteiger partial charge on any atom is 0.407 e. The normalized spacial score (nSPS) is 20.3. The second-order valence-corrected chi connectivity index (χ2v) is 7.95. The Balaban J connectivity index is 1.62. The number of benzene rings is 3. The summed E-state index contributed by atoms with van der Waals surface area (Å²) in [4.78, 5) is 13.9. The predicted molar refractivity (Wildman–Crippen MR) is 117 cm³/mol. The molecule has 3 aromatic carbocycles. The molecule has 150 valence electrons. The van der Waals surface area contributed by atoms with Crippen molar-refractivity contribution in [2.24, 2.45) is 5.92 Å². The summed E-state index contributed by atoms with van der Waals surface area (Å²) in [5, 5.41) is 15.8. The van der Waals surface area contributed by atoms with Gasteiger partial charge in [-0.2, -0.15) is 0 Å². The molecule has 1 amide bonds. The van der Waals surface area contributed by atoms with Crippen molar-refractivity contribution in [1.82, 2.24) is 10.2 Å². The van der Waals surface area contributed by atoms with E-state index in [0.717, 1.165) is 35.8 Å². The summed E-state index contributed by atoms with van der Waals surface area (Å²) in [6, 6.07) is 24.6. The van der Waals surface area contributed by atoms with E-state index in [1.807, 2.05) is 31.2 Å². The highest BCUT2D eigenvalue weighted by molar-refractivity contribution is 5.86. The van der Waals surface area contributed by atoms with Gasteiger partial charge in [-0.3, -0.25) is 0 Å². The van der Waals surface area contributed by atoms with Crippen molar-refractivity contribution in [2.75, 3.05) is 19.6 Å². The molecule has 3 atom stereocenters. The first-order chi connectivity index (χ1) is 14.1. The first-order valence-corrected chi connectivity index (χ1v) is 10.4. The lowest BCUT2D eigenvalue weighted by atomic mass is 9.81. The van der Waals surface area contributed by atoms with Crippen LogP contribution in [0.1, 0.15) is 36.4 Å².